The fourth-order valence-electron chi connectivity index (χ4n) is 1.90. The predicted molar refractivity (Wildman–Crippen MR) is 81.2 cm³/mol. The Hall–Kier alpha value is -2.03. The molecule has 0 fully saturated rings. The van der Waals surface area contributed by atoms with Crippen molar-refractivity contribution in [3.8, 4) is 0 Å². The van der Waals surface area contributed by atoms with Crippen LogP contribution in [0.3, 0.4) is 0 Å². The van der Waals surface area contributed by atoms with Crippen LogP contribution < -0.4 is 11.1 Å². The van der Waals surface area contributed by atoms with E-state index < -0.39 is 6.04 Å². The van der Waals surface area contributed by atoms with Crippen molar-refractivity contribution in [1.29, 1.82) is 0 Å². The number of halogens is 1. The predicted octanol–water partition coefficient (Wildman–Crippen LogP) is 1.72. The molecule has 21 heavy (non-hydrogen) atoms. The summed E-state index contributed by atoms with van der Waals surface area (Å²) >= 11 is 7.18. The van der Waals surface area contributed by atoms with Gasteiger partial charge in [-0.3, -0.25) is 9.48 Å². The van der Waals surface area contributed by atoms with E-state index in [9.17, 15) is 4.79 Å². The number of hydrogen-bond donors (Lipinski definition) is 2. The Balaban J connectivity index is 1.89. The Kier molecular flexibility index (Phi) is 3.58. The van der Waals surface area contributed by atoms with Crippen LogP contribution in [0.5, 0.6) is 0 Å². The number of carbonyl (C=O) groups is 1. The summed E-state index contributed by atoms with van der Waals surface area (Å²) in [5.41, 5.74) is 8.20. The highest BCUT2D eigenvalue weighted by molar-refractivity contribution is 7.00. The molecular weight excluding hydrogens is 312 g/mol. The zero-order valence-corrected chi connectivity index (χ0v) is 12.5. The summed E-state index contributed by atoms with van der Waals surface area (Å²) in [6, 6.07) is 2.57. The van der Waals surface area contributed by atoms with Crippen molar-refractivity contribution >= 4 is 46.0 Å². The lowest BCUT2D eigenvalue weighted by atomic mass is 10.1. The lowest BCUT2D eigenvalue weighted by Gasteiger charge is -2.12. The summed E-state index contributed by atoms with van der Waals surface area (Å²) in [5, 5.41) is 7.11. The van der Waals surface area contributed by atoms with Gasteiger partial charge in [0.2, 0.25) is 5.91 Å². The van der Waals surface area contributed by atoms with Gasteiger partial charge in [-0.25, -0.2) is 0 Å². The summed E-state index contributed by atoms with van der Waals surface area (Å²) in [4.78, 5) is 12.3. The number of aryl methyl sites for hydroxylation is 1. The quantitative estimate of drug-likeness (QED) is 0.765. The standard InChI is InChI=1S/C12H11ClN6OS/c1-19-5-6(4-15-19)9(14)12(20)16-10-7(13)2-3-8-11(10)18-21-17-8/h2-5,9H,14H2,1H3,(H,16,20). The molecular formula is C12H11ClN6OS. The summed E-state index contributed by atoms with van der Waals surface area (Å²) in [5.74, 6) is -0.384. The molecule has 0 bridgehead atoms. The second-order valence-corrected chi connectivity index (χ2v) is 5.40. The van der Waals surface area contributed by atoms with E-state index in [0.717, 1.165) is 11.7 Å². The van der Waals surface area contributed by atoms with Crippen LogP contribution in [0.4, 0.5) is 5.69 Å². The number of amides is 1. The Morgan fingerprint density at radius 2 is 2.29 bits per heavy atom. The number of fused-ring (bicyclic) bond motifs is 1. The van der Waals surface area contributed by atoms with Crippen LogP contribution in [-0.2, 0) is 11.8 Å². The average molecular weight is 323 g/mol. The molecule has 1 unspecified atom stereocenters. The maximum atomic E-state index is 12.3. The lowest BCUT2D eigenvalue weighted by molar-refractivity contribution is -0.117. The zero-order chi connectivity index (χ0) is 15.0. The molecule has 1 aromatic carbocycles. The minimum absolute atomic E-state index is 0.384. The molecule has 0 aliphatic heterocycles. The number of nitrogens with two attached hydrogens (primary N) is 1. The van der Waals surface area contributed by atoms with Gasteiger partial charge in [0.1, 0.15) is 17.1 Å². The largest absolute Gasteiger partial charge is 0.321 e. The molecule has 3 aromatic rings. The molecule has 3 rings (SSSR count). The van der Waals surface area contributed by atoms with Gasteiger partial charge >= 0.3 is 0 Å². The maximum absolute atomic E-state index is 12.3. The zero-order valence-electron chi connectivity index (χ0n) is 10.9. The van der Waals surface area contributed by atoms with Gasteiger partial charge in [-0.2, -0.15) is 13.8 Å². The minimum Gasteiger partial charge on any atom is -0.321 e. The Morgan fingerprint density at radius 3 is 3.00 bits per heavy atom. The summed E-state index contributed by atoms with van der Waals surface area (Å²) in [6.45, 7) is 0. The highest BCUT2D eigenvalue weighted by Crippen LogP contribution is 2.30. The van der Waals surface area contributed by atoms with E-state index in [0.29, 0.717) is 27.3 Å². The van der Waals surface area contributed by atoms with E-state index in [1.165, 1.54) is 0 Å². The second-order valence-electron chi connectivity index (χ2n) is 4.47. The normalized spacial score (nSPS) is 12.5. The molecule has 0 radical (unpaired) electrons. The van der Waals surface area contributed by atoms with Crippen LogP contribution in [0, 0.1) is 0 Å². The summed E-state index contributed by atoms with van der Waals surface area (Å²) < 4.78 is 9.84. The average Bonchev–Trinajstić information content (AvgIpc) is 3.09. The Bertz CT molecular complexity index is 813. The summed E-state index contributed by atoms with van der Waals surface area (Å²) in [7, 11) is 1.76. The minimum atomic E-state index is -0.836. The fourth-order valence-corrected chi connectivity index (χ4v) is 2.64. The molecule has 3 N–H and O–H groups in total. The Labute approximate surface area is 129 Å². The van der Waals surface area contributed by atoms with Gasteiger partial charge in [0.05, 0.1) is 28.6 Å². The molecule has 7 nitrogen and oxygen atoms in total. The third-order valence-electron chi connectivity index (χ3n) is 2.99. The van der Waals surface area contributed by atoms with Crippen molar-refractivity contribution in [1.82, 2.24) is 18.5 Å². The van der Waals surface area contributed by atoms with E-state index >= 15 is 0 Å². The van der Waals surface area contributed by atoms with E-state index in [1.54, 1.807) is 36.3 Å². The van der Waals surface area contributed by atoms with E-state index in [-0.39, 0.29) is 5.91 Å². The number of aromatic nitrogens is 4. The number of hydrogen-bond acceptors (Lipinski definition) is 6. The number of benzene rings is 1. The summed E-state index contributed by atoms with van der Waals surface area (Å²) in [6.07, 6.45) is 3.24. The maximum Gasteiger partial charge on any atom is 0.246 e. The Morgan fingerprint density at radius 1 is 1.48 bits per heavy atom. The van der Waals surface area contributed by atoms with Gasteiger partial charge in [-0.1, -0.05) is 11.6 Å². The van der Waals surface area contributed by atoms with Crippen molar-refractivity contribution < 1.29 is 4.79 Å². The molecule has 2 heterocycles. The van der Waals surface area contributed by atoms with Crippen LogP contribution >= 0.6 is 23.3 Å². The fraction of sp³-hybridized carbons (Fsp3) is 0.167. The first-order valence-corrected chi connectivity index (χ1v) is 7.13. The highest BCUT2D eigenvalue weighted by Gasteiger charge is 2.20. The van der Waals surface area contributed by atoms with Crippen LogP contribution in [-0.4, -0.2) is 24.4 Å². The van der Waals surface area contributed by atoms with Crippen LogP contribution in [0.25, 0.3) is 11.0 Å². The van der Waals surface area contributed by atoms with Gasteiger partial charge in [0.25, 0.3) is 0 Å². The monoisotopic (exact) mass is 322 g/mol. The molecule has 108 valence electrons. The SMILES string of the molecule is Cn1cc(C(N)C(=O)Nc2c(Cl)ccc3nsnc23)cn1. The van der Waals surface area contributed by atoms with Gasteiger partial charge in [0.15, 0.2) is 0 Å². The van der Waals surface area contributed by atoms with Crippen LogP contribution in [0.15, 0.2) is 24.5 Å². The van der Waals surface area contributed by atoms with E-state index in [2.05, 4.69) is 19.2 Å². The molecule has 0 saturated heterocycles. The number of nitrogens with one attached hydrogen (secondary N) is 1. The number of nitrogens with zero attached hydrogens (tertiary/aromatic N) is 4. The first-order chi connectivity index (χ1) is 10.1. The van der Waals surface area contributed by atoms with Gasteiger partial charge < -0.3 is 11.1 Å². The van der Waals surface area contributed by atoms with Gasteiger partial charge in [-0.15, -0.1) is 0 Å². The second kappa shape index (κ2) is 5.40. The van der Waals surface area contributed by atoms with Crippen molar-refractivity contribution in [3.05, 3.63) is 35.1 Å². The molecule has 1 atom stereocenters. The van der Waals surface area contributed by atoms with Crippen molar-refractivity contribution in [2.45, 2.75) is 6.04 Å². The molecule has 0 aliphatic carbocycles. The van der Waals surface area contributed by atoms with Crippen molar-refractivity contribution in [2.75, 3.05) is 5.32 Å². The highest BCUT2D eigenvalue weighted by atomic mass is 35.5. The molecule has 2 aromatic heterocycles. The molecule has 0 saturated carbocycles. The van der Waals surface area contributed by atoms with Crippen molar-refractivity contribution in [3.63, 3.8) is 0 Å². The smallest absolute Gasteiger partial charge is 0.246 e. The number of carbonyl (C=O) groups excluding carboxylic acids is 1. The first-order valence-electron chi connectivity index (χ1n) is 6.02. The van der Waals surface area contributed by atoms with E-state index in [1.807, 2.05) is 0 Å². The molecule has 0 spiro atoms. The van der Waals surface area contributed by atoms with Crippen LogP contribution in [0.1, 0.15) is 11.6 Å². The van der Waals surface area contributed by atoms with Crippen molar-refractivity contribution in [2.24, 2.45) is 12.8 Å². The third kappa shape index (κ3) is 2.60. The molecule has 1 amide bonds. The number of anilines is 1. The van der Waals surface area contributed by atoms with E-state index in [4.69, 9.17) is 17.3 Å². The molecule has 9 heteroatoms. The third-order valence-corrected chi connectivity index (χ3v) is 3.85. The van der Waals surface area contributed by atoms with Crippen LogP contribution in [0.2, 0.25) is 5.02 Å². The van der Waals surface area contributed by atoms with Gasteiger partial charge in [-0.05, 0) is 12.1 Å². The first kappa shape index (κ1) is 13.9. The topological polar surface area (TPSA) is 98.7 Å². The molecule has 0 aliphatic rings. The van der Waals surface area contributed by atoms with Gasteiger partial charge in [0, 0.05) is 18.8 Å². The number of rotatable bonds is 3. The lowest BCUT2D eigenvalue weighted by Crippen LogP contribution is -2.27.